The van der Waals surface area contributed by atoms with Gasteiger partial charge in [-0.25, -0.2) is 4.98 Å². The van der Waals surface area contributed by atoms with E-state index >= 15 is 0 Å². The largest absolute Gasteiger partial charge is 0.394 e. The molecule has 3 heteroatoms. The van der Waals surface area contributed by atoms with E-state index < -0.39 is 0 Å². The molecular formula is C11H16N2O. The lowest BCUT2D eigenvalue weighted by atomic mass is 10.0. The van der Waals surface area contributed by atoms with E-state index in [0.29, 0.717) is 0 Å². The molecule has 1 fully saturated rings. The van der Waals surface area contributed by atoms with Gasteiger partial charge in [0.1, 0.15) is 5.82 Å². The summed E-state index contributed by atoms with van der Waals surface area (Å²) >= 11 is 0. The molecule has 0 saturated carbocycles. The van der Waals surface area contributed by atoms with Gasteiger partial charge in [-0.15, -0.1) is 0 Å². The highest BCUT2D eigenvalue weighted by molar-refractivity contribution is 5.39. The molecule has 2 heterocycles. The van der Waals surface area contributed by atoms with Gasteiger partial charge in [0.25, 0.3) is 0 Å². The van der Waals surface area contributed by atoms with Crippen LogP contribution in [0.4, 0.5) is 5.82 Å². The zero-order valence-corrected chi connectivity index (χ0v) is 8.26. The van der Waals surface area contributed by atoms with Gasteiger partial charge in [0.05, 0.1) is 12.6 Å². The Bertz CT molecular complexity index is 276. The van der Waals surface area contributed by atoms with Crippen LogP contribution in [-0.2, 0) is 0 Å². The van der Waals surface area contributed by atoms with Crippen LogP contribution in [0.5, 0.6) is 0 Å². The monoisotopic (exact) mass is 192 g/mol. The molecule has 14 heavy (non-hydrogen) atoms. The Morgan fingerprint density at radius 2 is 2.36 bits per heavy atom. The van der Waals surface area contributed by atoms with Crippen molar-refractivity contribution in [3.63, 3.8) is 0 Å². The van der Waals surface area contributed by atoms with E-state index in [4.69, 9.17) is 0 Å². The van der Waals surface area contributed by atoms with Crippen molar-refractivity contribution in [1.29, 1.82) is 0 Å². The first-order chi connectivity index (χ1) is 6.92. The summed E-state index contributed by atoms with van der Waals surface area (Å²) in [6, 6.07) is 6.18. The van der Waals surface area contributed by atoms with Crippen LogP contribution in [-0.4, -0.2) is 29.3 Å². The lowest BCUT2D eigenvalue weighted by Gasteiger charge is -2.35. The van der Waals surface area contributed by atoms with Gasteiger partial charge in [0, 0.05) is 12.7 Å². The van der Waals surface area contributed by atoms with Crippen molar-refractivity contribution in [2.24, 2.45) is 0 Å². The molecule has 1 N–H and O–H groups in total. The quantitative estimate of drug-likeness (QED) is 0.770. The molecule has 1 aliphatic rings. The van der Waals surface area contributed by atoms with Crippen molar-refractivity contribution in [3.8, 4) is 0 Å². The molecule has 0 radical (unpaired) electrons. The summed E-state index contributed by atoms with van der Waals surface area (Å²) in [7, 11) is 0. The number of pyridine rings is 1. The van der Waals surface area contributed by atoms with E-state index in [2.05, 4.69) is 9.88 Å². The molecule has 0 amide bonds. The molecule has 0 aromatic carbocycles. The zero-order chi connectivity index (χ0) is 9.80. The molecule has 1 saturated heterocycles. The summed E-state index contributed by atoms with van der Waals surface area (Å²) < 4.78 is 0. The third kappa shape index (κ3) is 1.87. The van der Waals surface area contributed by atoms with Crippen LogP contribution in [0.15, 0.2) is 24.4 Å². The third-order valence-electron chi connectivity index (χ3n) is 2.78. The number of hydrogen-bond acceptors (Lipinski definition) is 3. The second kappa shape index (κ2) is 4.42. The number of piperidine rings is 1. The second-order valence-electron chi connectivity index (χ2n) is 3.71. The predicted molar refractivity (Wildman–Crippen MR) is 56.3 cm³/mol. The van der Waals surface area contributed by atoms with E-state index in [-0.39, 0.29) is 12.6 Å². The topological polar surface area (TPSA) is 36.4 Å². The van der Waals surface area contributed by atoms with Gasteiger partial charge in [-0.2, -0.15) is 0 Å². The van der Waals surface area contributed by atoms with Crippen LogP contribution in [0.3, 0.4) is 0 Å². The Labute approximate surface area is 84.4 Å². The molecule has 0 bridgehead atoms. The highest BCUT2D eigenvalue weighted by Gasteiger charge is 2.22. The fourth-order valence-corrected chi connectivity index (χ4v) is 2.02. The van der Waals surface area contributed by atoms with Gasteiger partial charge in [0.15, 0.2) is 0 Å². The first-order valence-corrected chi connectivity index (χ1v) is 5.20. The molecule has 0 aliphatic carbocycles. The molecule has 1 aliphatic heterocycles. The van der Waals surface area contributed by atoms with Crippen molar-refractivity contribution in [2.45, 2.75) is 25.3 Å². The van der Waals surface area contributed by atoms with Crippen molar-refractivity contribution in [3.05, 3.63) is 24.4 Å². The maximum absolute atomic E-state index is 9.25. The van der Waals surface area contributed by atoms with E-state index in [9.17, 15) is 5.11 Å². The summed E-state index contributed by atoms with van der Waals surface area (Å²) in [6.45, 7) is 1.25. The fourth-order valence-electron chi connectivity index (χ4n) is 2.02. The van der Waals surface area contributed by atoms with Crippen LogP contribution >= 0.6 is 0 Å². The smallest absolute Gasteiger partial charge is 0.128 e. The minimum Gasteiger partial charge on any atom is -0.394 e. The van der Waals surface area contributed by atoms with E-state index in [1.165, 1.54) is 12.8 Å². The van der Waals surface area contributed by atoms with Gasteiger partial charge in [0.2, 0.25) is 0 Å². The van der Waals surface area contributed by atoms with Gasteiger partial charge in [-0.1, -0.05) is 6.07 Å². The zero-order valence-electron chi connectivity index (χ0n) is 8.26. The van der Waals surface area contributed by atoms with E-state index in [1.807, 2.05) is 18.2 Å². The normalized spacial score (nSPS) is 22.4. The Morgan fingerprint density at radius 3 is 3.07 bits per heavy atom. The first kappa shape index (κ1) is 9.46. The first-order valence-electron chi connectivity index (χ1n) is 5.20. The SMILES string of the molecule is OCC1CCCCN1c1ccccn1. The molecule has 76 valence electrons. The number of nitrogens with zero attached hydrogens (tertiary/aromatic N) is 2. The number of aliphatic hydroxyl groups is 1. The summed E-state index contributed by atoms with van der Waals surface area (Å²) in [5, 5.41) is 9.25. The van der Waals surface area contributed by atoms with Crippen LogP contribution < -0.4 is 4.90 Å². The molecule has 3 nitrogen and oxygen atoms in total. The summed E-state index contributed by atoms with van der Waals surface area (Å²) in [4.78, 5) is 6.53. The third-order valence-corrected chi connectivity index (χ3v) is 2.78. The van der Waals surface area contributed by atoms with Gasteiger partial charge < -0.3 is 10.0 Å². The highest BCUT2D eigenvalue weighted by atomic mass is 16.3. The minimum absolute atomic E-state index is 0.233. The Morgan fingerprint density at radius 1 is 1.43 bits per heavy atom. The van der Waals surface area contributed by atoms with Gasteiger partial charge in [-0.3, -0.25) is 0 Å². The Kier molecular flexibility index (Phi) is 2.99. The number of hydrogen-bond donors (Lipinski definition) is 1. The average molecular weight is 192 g/mol. The van der Waals surface area contributed by atoms with Gasteiger partial charge >= 0.3 is 0 Å². The lowest BCUT2D eigenvalue weighted by molar-refractivity contribution is 0.239. The molecule has 1 aromatic rings. The van der Waals surface area contributed by atoms with Crippen molar-refractivity contribution in [1.82, 2.24) is 4.98 Å². The van der Waals surface area contributed by atoms with Gasteiger partial charge in [-0.05, 0) is 31.4 Å². The lowest BCUT2D eigenvalue weighted by Crippen LogP contribution is -2.42. The Hall–Kier alpha value is -1.09. The van der Waals surface area contributed by atoms with E-state index in [0.717, 1.165) is 18.8 Å². The van der Waals surface area contributed by atoms with Crippen LogP contribution in [0.1, 0.15) is 19.3 Å². The van der Waals surface area contributed by atoms with Crippen LogP contribution in [0, 0.1) is 0 Å². The molecule has 2 rings (SSSR count). The number of aromatic nitrogens is 1. The van der Waals surface area contributed by atoms with Crippen molar-refractivity contribution in [2.75, 3.05) is 18.1 Å². The summed E-state index contributed by atoms with van der Waals surface area (Å²) in [5.74, 6) is 0.992. The molecule has 1 unspecified atom stereocenters. The fraction of sp³-hybridized carbons (Fsp3) is 0.545. The van der Waals surface area contributed by atoms with Crippen molar-refractivity contribution < 1.29 is 5.11 Å². The Balaban J connectivity index is 2.15. The summed E-state index contributed by atoms with van der Waals surface area (Å²) in [6.07, 6.45) is 5.30. The number of anilines is 1. The standard InChI is InChI=1S/C11H16N2O/c14-9-10-5-2-4-8-13(10)11-6-1-3-7-12-11/h1,3,6-7,10,14H,2,4-5,8-9H2. The minimum atomic E-state index is 0.233. The number of aliphatic hydroxyl groups excluding tert-OH is 1. The second-order valence-corrected chi connectivity index (χ2v) is 3.71. The predicted octanol–water partition coefficient (Wildman–Crippen LogP) is 1.43. The summed E-state index contributed by atoms with van der Waals surface area (Å²) in [5.41, 5.74) is 0. The van der Waals surface area contributed by atoms with E-state index in [1.54, 1.807) is 6.20 Å². The maximum atomic E-state index is 9.25. The molecule has 1 aromatic heterocycles. The molecule has 0 spiro atoms. The van der Waals surface area contributed by atoms with Crippen molar-refractivity contribution >= 4 is 5.82 Å². The van der Waals surface area contributed by atoms with Crippen LogP contribution in [0.2, 0.25) is 0 Å². The molecular weight excluding hydrogens is 176 g/mol. The number of rotatable bonds is 2. The highest BCUT2D eigenvalue weighted by Crippen LogP contribution is 2.22. The van der Waals surface area contributed by atoms with Crippen LogP contribution in [0.25, 0.3) is 0 Å². The molecule has 1 atom stereocenters. The maximum Gasteiger partial charge on any atom is 0.128 e. The average Bonchev–Trinajstić information content (AvgIpc) is 2.30.